The largest absolute Gasteiger partial charge is 0.496 e. The number of aromatic nitrogens is 2. The van der Waals surface area contributed by atoms with Crippen LogP contribution in [0.25, 0.3) is 5.65 Å². The van der Waals surface area contributed by atoms with Gasteiger partial charge in [-0.3, -0.25) is 19.0 Å². The number of fused-ring (bicyclic) bond motifs is 1. The van der Waals surface area contributed by atoms with Gasteiger partial charge in [-0.25, -0.2) is 4.98 Å². The first-order valence-corrected chi connectivity index (χ1v) is 10.1. The van der Waals surface area contributed by atoms with Crippen LogP contribution in [0.2, 0.25) is 0 Å². The van der Waals surface area contributed by atoms with E-state index in [0.29, 0.717) is 12.2 Å². The van der Waals surface area contributed by atoms with Crippen molar-refractivity contribution in [1.29, 1.82) is 0 Å². The van der Waals surface area contributed by atoms with E-state index in [1.165, 1.54) is 11.1 Å². The molecular formula is C23H28N4O2. The van der Waals surface area contributed by atoms with Gasteiger partial charge in [-0.05, 0) is 31.5 Å². The smallest absolute Gasteiger partial charge is 0.258 e. The number of aryl methyl sites for hydroxylation is 2. The van der Waals surface area contributed by atoms with Gasteiger partial charge >= 0.3 is 0 Å². The third-order valence-corrected chi connectivity index (χ3v) is 5.54. The number of nitrogens with zero attached hydrogens (tertiary/aromatic N) is 4. The van der Waals surface area contributed by atoms with Crippen LogP contribution in [-0.2, 0) is 13.1 Å². The van der Waals surface area contributed by atoms with E-state index >= 15 is 0 Å². The van der Waals surface area contributed by atoms with Gasteiger partial charge in [0.15, 0.2) is 0 Å². The highest BCUT2D eigenvalue weighted by atomic mass is 16.5. The molecule has 1 fully saturated rings. The first-order valence-electron chi connectivity index (χ1n) is 10.1. The lowest BCUT2D eigenvalue weighted by atomic mass is 10.1. The Morgan fingerprint density at radius 3 is 2.34 bits per heavy atom. The van der Waals surface area contributed by atoms with Crippen molar-refractivity contribution in [3.63, 3.8) is 0 Å². The number of hydrogen-bond acceptors (Lipinski definition) is 5. The van der Waals surface area contributed by atoms with Gasteiger partial charge in [-0.1, -0.05) is 23.8 Å². The van der Waals surface area contributed by atoms with Gasteiger partial charge in [0, 0.05) is 57.1 Å². The summed E-state index contributed by atoms with van der Waals surface area (Å²) < 4.78 is 7.14. The number of methoxy groups -OCH3 is 1. The van der Waals surface area contributed by atoms with Crippen molar-refractivity contribution in [2.45, 2.75) is 26.9 Å². The van der Waals surface area contributed by atoms with Crippen molar-refractivity contribution >= 4 is 5.65 Å². The second-order valence-electron chi connectivity index (χ2n) is 7.89. The fraction of sp³-hybridized carbons (Fsp3) is 0.391. The van der Waals surface area contributed by atoms with E-state index in [4.69, 9.17) is 4.74 Å². The average molecular weight is 393 g/mol. The second-order valence-corrected chi connectivity index (χ2v) is 7.89. The summed E-state index contributed by atoms with van der Waals surface area (Å²) in [5.41, 5.74) is 5.08. The highest BCUT2D eigenvalue weighted by Gasteiger charge is 2.19. The number of benzene rings is 1. The molecule has 6 nitrogen and oxygen atoms in total. The molecule has 0 radical (unpaired) electrons. The van der Waals surface area contributed by atoms with Crippen LogP contribution in [0, 0.1) is 13.8 Å². The van der Waals surface area contributed by atoms with Crippen LogP contribution in [0.5, 0.6) is 5.75 Å². The molecule has 1 saturated heterocycles. The average Bonchev–Trinajstić information content (AvgIpc) is 2.70. The SMILES string of the molecule is COc1ccc(C)cc1CN1CCN(Cc2cc(=O)n3cc(C)ccc3n2)CC1. The lowest BCUT2D eigenvalue weighted by Crippen LogP contribution is -2.45. The molecule has 2 aromatic heterocycles. The monoisotopic (exact) mass is 392 g/mol. The topological polar surface area (TPSA) is 50.1 Å². The zero-order valence-electron chi connectivity index (χ0n) is 17.4. The molecule has 0 atom stereocenters. The van der Waals surface area contributed by atoms with E-state index in [1.54, 1.807) is 17.6 Å². The van der Waals surface area contributed by atoms with Crippen LogP contribution < -0.4 is 10.3 Å². The first-order chi connectivity index (χ1) is 14.0. The molecule has 0 amide bonds. The Bertz CT molecular complexity index is 1070. The van der Waals surface area contributed by atoms with E-state index < -0.39 is 0 Å². The van der Waals surface area contributed by atoms with Crippen molar-refractivity contribution in [3.8, 4) is 5.75 Å². The predicted octanol–water partition coefficient (Wildman–Crippen LogP) is 2.64. The molecular weight excluding hydrogens is 364 g/mol. The highest BCUT2D eigenvalue weighted by Crippen LogP contribution is 2.22. The molecule has 0 saturated carbocycles. The zero-order valence-corrected chi connectivity index (χ0v) is 17.4. The molecule has 29 heavy (non-hydrogen) atoms. The molecule has 4 rings (SSSR count). The van der Waals surface area contributed by atoms with Crippen LogP contribution in [0.4, 0.5) is 0 Å². The van der Waals surface area contributed by atoms with Gasteiger partial charge in [-0.15, -0.1) is 0 Å². The number of ether oxygens (including phenoxy) is 1. The van der Waals surface area contributed by atoms with Gasteiger partial charge in [0.05, 0.1) is 12.8 Å². The quantitative estimate of drug-likeness (QED) is 0.668. The van der Waals surface area contributed by atoms with Crippen molar-refractivity contribution < 1.29 is 4.74 Å². The molecule has 0 spiro atoms. The summed E-state index contributed by atoms with van der Waals surface area (Å²) in [6.45, 7) is 9.60. The third-order valence-electron chi connectivity index (χ3n) is 5.54. The number of pyridine rings is 1. The fourth-order valence-electron chi connectivity index (χ4n) is 3.95. The summed E-state index contributed by atoms with van der Waals surface area (Å²) in [6.07, 6.45) is 1.84. The van der Waals surface area contributed by atoms with Crippen LogP contribution in [-0.4, -0.2) is 52.5 Å². The molecule has 0 N–H and O–H groups in total. The molecule has 0 unspecified atom stereocenters. The van der Waals surface area contributed by atoms with Gasteiger partial charge in [-0.2, -0.15) is 0 Å². The van der Waals surface area contributed by atoms with Gasteiger partial charge in [0.1, 0.15) is 11.4 Å². The lowest BCUT2D eigenvalue weighted by molar-refractivity contribution is 0.120. The van der Waals surface area contributed by atoms with Crippen LogP contribution >= 0.6 is 0 Å². The van der Waals surface area contributed by atoms with Crippen molar-refractivity contribution in [2.75, 3.05) is 33.3 Å². The summed E-state index contributed by atoms with van der Waals surface area (Å²) in [6, 6.07) is 11.9. The van der Waals surface area contributed by atoms with E-state index in [1.807, 2.05) is 31.3 Å². The molecule has 1 aliphatic heterocycles. The van der Waals surface area contributed by atoms with Gasteiger partial charge < -0.3 is 4.74 Å². The summed E-state index contributed by atoms with van der Waals surface area (Å²) in [4.78, 5) is 21.9. The Hall–Kier alpha value is -2.70. The second kappa shape index (κ2) is 8.35. The van der Waals surface area contributed by atoms with E-state index in [9.17, 15) is 4.79 Å². The molecule has 1 aromatic carbocycles. The third kappa shape index (κ3) is 4.49. The fourth-order valence-corrected chi connectivity index (χ4v) is 3.95. The highest BCUT2D eigenvalue weighted by molar-refractivity contribution is 5.40. The number of hydrogen-bond donors (Lipinski definition) is 0. The van der Waals surface area contributed by atoms with Crippen LogP contribution in [0.3, 0.4) is 0 Å². The van der Waals surface area contributed by atoms with Crippen LogP contribution in [0.1, 0.15) is 22.4 Å². The van der Waals surface area contributed by atoms with Crippen LogP contribution in [0.15, 0.2) is 47.4 Å². The minimum absolute atomic E-state index is 0.0149. The minimum atomic E-state index is -0.0149. The first kappa shape index (κ1) is 19.6. The Labute approximate surface area is 171 Å². The Morgan fingerprint density at radius 1 is 0.931 bits per heavy atom. The Kier molecular flexibility index (Phi) is 5.65. The minimum Gasteiger partial charge on any atom is -0.496 e. The van der Waals surface area contributed by atoms with Gasteiger partial charge in [0.2, 0.25) is 0 Å². The standard InChI is InChI=1S/C23H28N4O2/c1-17-4-6-21(29-3)19(12-17)15-25-8-10-26(11-9-25)16-20-13-23(28)27-14-18(2)5-7-22(27)24-20/h4-7,12-14H,8-11,15-16H2,1-3H3. The number of rotatable bonds is 5. The maximum atomic E-state index is 12.4. The maximum absolute atomic E-state index is 12.4. The van der Waals surface area contributed by atoms with E-state index in [2.05, 4.69) is 33.8 Å². The van der Waals surface area contributed by atoms with Crippen molar-refractivity contribution in [3.05, 3.63) is 75.3 Å². The molecule has 0 bridgehead atoms. The van der Waals surface area contributed by atoms with Crippen molar-refractivity contribution in [1.82, 2.24) is 19.2 Å². The summed E-state index contributed by atoms with van der Waals surface area (Å²) >= 11 is 0. The van der Waals surface area contributed by atoms with Crippen molar-refractivity contribution in [2.24, 2.45) is 0 Å². The van der Waals surface area contributed by atoms with E-state index in [-0.39, 0.29) is 5.56 Å². The predicted molar refractivity (Wildman–Crippen MR) is 114 cm³/mol. The molecule has 152 valence electrons. The van der Waals surface area contributed by atoms with E-state index in [0.717, 1.165) is 49.7 Å². The summed E-state index contributed by atoms with van der Waals surface area (Å²) in [5.74, 6) is 0.953. The summed E-state index contributed by atoms with van der Waals surface area (Å²) in [7, 11) is 1.73. The Balaban J connectivity index is 1.39. The summed E-state index contributed by atoms with van der Waals surface area (Å²) in [5, 5.41) is 0. The molecule has 1 aliphatic rings. The lowest BCUT2D eigenvalue weighted by Gasteiger charge is -2.34. The number of piperazine rings is 1. The normalized spacial score (nSPS) is 15.7. The maximum Gasteiger partial charge on any atom is 0.258 e. The molecule has 3 aromatic rings. The molecule has 3 heterocycles. The molecule has 0 aliphatic carbocycles. The molecule has 6 heteroatoms. The zero-order chi connectivity index (χ0) is 20.4. The Morgan fingerprint density at radius 2 is 1.62 bits per heavy atom. The van der Waals surface area contributed by atoms with Gasteiger partial charge in [0.25, 0.3) is 5.56 Å².